The summed E-state index contributed by atoms with van der Waals surface area (Å²) >= 11 is 0. The maximum Gasteiger partial charge on any atom is 0.335 e. The molecule has 4 rings (SSSR count). The van der Waals surface area contributed by atoms with E-state index >= 15 is 0 Å². The SMILES string of the molecule is Cc1ccc(Cn2c(=O)n(C[C@H](C)C(=O)O)c(=O)[nH]/c2=N\c2ccc(C3CCCC3)cc2)cc1. The van der Waals surface area contributed by atoms with Gasteiger partial charge in [-0.15, -0.1) is 0 Å². The van der Waals surface area contributed by atoms with Crippen LogP contribution in [-0.2, 0) is 17.9 Å². The zero-order chi connectivity index (χ0) is 24.2. The number of aromatic nitrogens is 3. The Kier molecular flexibility index (Phi) is 6.95. The van der Waals surface area contributed by atoms with Crippen molar-refractivity contribution in [3.63, 3.8) is 0 Å². The predicted molar refractivity (Wildman–Crippen MR) is 129 cm³/mol. The van der Waals surface area contributed by atoms with Gasteiger partial charge in [0.1, 0.15) is 0 Å². The van der Waals surface area contributed by atoms with E-state index in [9.17, 15) is 19.5 Å². The standard InChI is InChI=1S/C26H30N4O4/c1-17-7-9-19(10-8-17)16-29-24(28-25(33)30(26(29)34)15-18(2)23(31)32)27-22-13-11-21(12-14-22)20-5-3-4-6-20/h7-14,18,20H,3-6,15-16H2,1-2H3,(H,31,32)(H,27,28,33)/t18-/m0/s1. The summed E-state index contributed by atoms with van der Waals surface area (Å²) in [7, 11) is 0. The quantitative estimate of drug-likeness (QED) is 0.561. The zero-order valence-electron chi connectivity index (χ0n) is 19.5. The number of aromatic amines is 1. The second kappa shape index (κ2) is 10.1. The Morgan fingerprint density at radius 3 is 2.32 bits per heavy atom. The predicted octanol–water partition coefficient (Wildman–Crippen LogP) is 3.31. The van der Waals surface area contributed by atoms with Crippen LogP contribution in [0.5, 0.6) is 0 Å². The van der Waals surface area contributed by atoms with Gasteiger partial charge in [-0.1, -0.05) is 61.7 Å². The van der Waals surface area contributed by atoms with Crippen LogP contribution in [0, 0.1) is 12.8 Å². The van der Waals surface area contributed by atoms with E-state index in [2.05, 4.69) is 22.1 Å². The van der Waals surface area contributed by atoms with Crippen LogP contribution < -0.4 is 17.0 Å². The van der Waals surface area contributed by atoms with Gasteiger partial charge in [0.05, 0.1) is 18.2 Å². The minimum atomic E-state index is -1.08. The fourth-order valence-electron chi connectivity index (χ4n) is 4.38. The van der Waals surface area contributed by atoms with Crippen LogP contribution in [-0.4, -0.2) is 25.2 Å². The fraction of sp³-hybridized carbons (Fsp3) is 0.385. The molecule has 0 aliphatic heterocycles. The molecule has 0 saturated heterocycles. The van der Waals surface area contributed by atoms with E-state index in [4.69, 9.17) is 0 Å². The van der Waals surface area contributed by atoms with Gasteiger partial charge in [0, 0.05) is 6.54 Å². The highest BCUT2D eigenvalue weighted by atomic mass is 16.4. The van der Waals surface area contributed by atoms with E-state index in [1.165, 1.54) is 42.7 Å². The number of H-pyrrole nitrogens is 1. The molecule has 8 heteroatoms. The molecule has 34 heavy (non-hydrogen) atoms. The Balaban J connectivity index is 1.78. The lowest BCUT2D eigenvalue weighted by Crippen LogP contribution is -2.51. The lowest BCUT2D eigenvalue weighted by atomic mass is 9.98. The lowest BCUT2D eigenvalue weighted by molar-refractivity contribution is -0.141. The number of carbonyl (C=O) groups is 1. The number of carboxylic acid groups (broad SMARTS) is 1. The molecule has 0 amide bonds. The van der Waals surface area contributed by atoms with Gasteiger partial charge in [0.2, 0.25) is 5.62 Å². The third kappa shape index (κ3) is 5.27. The van der Waals surface area contributed by atoms with Gasteiger partial charge in [0.15, 0.2) is 0 Å². The van der Waals surface area contributed by atoms with E-state index in [1.807, 2.05) is 43.3 Å². The number of aliphatic carboxylic acids is 1. The molecule has 0 unspecified atom stereocenters. The topological polar surface area (TPSA) is 109 Å². The van der Waals surface area contributed by atoms with Crippen molar-refractivity contribution >= 4 is 11.7 Å². The van der Waals surface area contributed by atoms with Crippen LogP contribution in [0.2, 0.25) is 0 Å². The Labute approximate surface area is 197 Å². The highest BCUT2D eigenvalue weighted by Crippen LogP contribution is 2.34. The van der Waals surface area contributed by atoms with Crippen molar-refractivity contribution in [2.45, 2.75) is 58.5 Å². The molecule has 1 aliphatic rings. The summed E-state index contributed by atoms with van der Waals surface area (Å²) in [5, 5.41) is 9.25. The molecule has 0 radical (unpaired) electrons. The van der Waals surface area contributed by atoms with E-state index in [1.54, 1.807) is 0 Å². The summed E-state index contributed by atoms with van der Waals surface area (Å²) in [6.07, 6.45) is 4.92. The molecular formula is C26H30N4O4. The zero-order valence-corrected chi connectivity index (χ0v) is 19.5. The van der Waals surface area contributed by atoms with Gasteiger partial charge in [-0.2, -0.15) is 0 Å². The monoisotopic (exact) mass is 462 g/mol. The molecule has 8 nitrogen and oxygen atoms in total. The van der Waals surface area contributed by atoms with Gasteiger partial charge < -0.3 is 5.11 Å². The summed E-state index contributed by atoms with van der Waals surface area (Å²) in [5.41, 5.74) is 2.73. The van der Waals surface area contributed by atoms with Crippen LogP contribution in [0.1, 0.15) is 55.2 Å². The van der Waals surface area contributed by atoms with Gasteiger partial charge in [-0.25, -0.2) is 19.1 Å². The van der Waals surface area contributed by atoms with Crippen LogP contribution in [0.3, 0.4) is 0 Å². The van der Waals surface area contributed by atoms with Crippen molar-refractivity contribution in [1.29, 1.82) is 0 Å². The first kappa shape index (κ1) is 23.5. The van der Waals surface area contributed by atoms with E-state index in [0.717, 1.165) is 15.7 Å². The molecule has 1 saturated carbocycles. The third-order valence-corrected chi connectivity index (χ3v) is 6.48. The first-order valence-corrected chi connectivity index (χ1v) is 11.7. The highest BCUT2D eigenvalue weighted by molar-refractivity contribution is 5.69. The van der Waals surface area contributed by atoms with Gasteiger partial charge in [-0.3, -0.25) is 14.3 Å². The van der Waals surface area contributed by atoms with Crippen molar-refractivity contribution in [1.82, 2.24) is 14.1 Å². The smallest absolute Gasteiger partial charge is 0.335 e. The highest BCUT2D eigenvalue weighted by Gasteiger charge is 2.18. The molecule has 1 heterocycles. The second-order valence-corrected chi connectivity index (χ2v) is 9.14. The Morgan fingerprint density at radius 1 is 1.06 bits per heavy atom. The van der Waals surface area contributed by atoms with Crippen LogP contribution in [0.15, 0.2) is 63.1 Å². The molecule has 1 fully saturated rings. The van der Waals surface area contributed by atoms with Crippen molar-refractivity contribution in [3.05, 3.63) is 91.8 Å². The summed E-state index contributed by atoms with van der Waals surface area (Å²) in [5.74, 6) is -1.38. The van der Waals surface area contributed by atoms with Gasteiger partial charge >= 0.3 is 17.3 Å². The van der Waals surface area contributed by atoms with Crippen LogP contribution in [0.25, 0.3) is 0 Å². The minimum Gasteiger partial charge on any atom is -0.481 e. The summed E-state index contributed by atoms with van der Waals surface area (Å²) in [6, 6.07) is 15.7. The normalized spacial score (nSPS) is 15.5. The van der Waals surface area contributed by atoms with Crippen molar-refractivity contribution in [2.24, 2.45) is 10.9 Å². The Bertz CT molecular complexity index is 1340. The average molecular weight is 463 g/mol. The van der Waals surface area contributed by atoms with E-state index in [0.29, 0.717) is 11.6 Å². The molecule has 2 N–H and O–H groups in total. The Morgan fingerprint density at radius 2 is 1.71 bits per heavy atom. The lowest BCUT2D eigenvalue weighted by Gasteiger charge is -2.13. The van der Waals surface area contributed by atoms with E-state index < -0.39 is 23.3 Å². The number of benzene rings is 2. The minimum absolute atomic E-state index is 0.128. The molecule has 0 spiro atoms. The number of hydrogen-bond acceptors (Lipinski definition) is 4. The molecule has 178 valence electrons. The van der Waals surface area contributed by atoms with Crippen molar-refractivity contribution in [2.75, 3.05) is 0 Å². The summed E-state index contributed by atoms with van der Waals surface area (Å²) in [4.78, 5) is 44.6. The number of carboxylic acids is 1. The molecule has 0 bridgehead atoms. The molecular weight excluding hydrogens is 432 g/mol. The third-order valence-electron chi connectivity index (χ3n) is 6.48. The summed E-state index contributed by atoms with van der Waals surface area (Å²) in [6.45, 7) is 3.40. The molecule has 1 atom stereocenters. The van der Waals surface area contributed by atoms with Gasteiger partial charge in [0.25, 0.3) is 0 Å². The second-order valence-electron chi connectivity index (χ2n) is 9.14. The number of rotatable bonds is 7. The number of aryl methyl sites for hydroxylation is 1. The molecule has 2 aromatic carbocycles. The first-order chi connectivity index (χ1) is 16.3. The Hall–Kier alpha value is -3.68. The molecule has 3 aromatic rings. The average Bonchev–Trinajstić information content (AvgIpc) is 3.36. The molecule has 1 aliphatic carbocycles. The van der Waals surface area contributed by atoms with Gasteiger partial charge in [-0.05, 0) is 48.9 Å². The number of nitrogens with one attached hydrogen (secondary N) is 1. The largest absolute Gasteiger partial charge is 0.481 e. The number of hydrogen-bond donors (Lipinski definition) is 2. The van der Waals surface area contributed by atoms with Crippen molar-refractivity contribution in [3.8, 4) is 0 Å². The first-order valence-electron chi connectivity index (χ1n) is 11.7. The van der Waals surface area contributed by atoms with Crippen molar-refractivity contribution < 1.29 is 9.90 Å². The van der Waals surface area contributed by atoms with Crippen LogP contribution in [0.4, 0.5) is 5.69 Å². The van der Waals surface area contributed by atoms with Crippen LogP contribution >= 0.6 is 0 Å². The molecule has 1 aromatic heterocycles. The summed E-state index contributed by atoms with van der Waals surface area (Å²) < 4.78 is 2.31. The van der Waals surface area contributed by atoms with E-state index in [-0.39, 0.29) is 18.7 Å². The maximum absolute atomic E-state index is 13.3. The fourth-order valence-corrected chi connectivity index (χ4v) is 4.38. The number of nitrogens with zero attached hydrogens (tertiary/aromatic N) is 3. The maximum atomic E-state index is 13.3.